The molecule has 2 rings (SSSR count). The lowest BCUT2D eigenvalue weighted by Crippen LogP contribution is -2.12. The number of nitrogens with zero attached hydrogens (tertiary/aromatic N) is 1. The molecule has 0 atom stereocenters. The van der Waals surface area contributed by atoms with E-state index in [0.717, 1.165) is 4.47 Å². The van der Waals surface area contributed by atoms with Crippen molar-refractivity contribution in [2.24, 2.45) is 0 Å². The molecule has 0 saturated heterocycles. The number of halogens is 1. The van der Waals surface area contributed by atoms with Gasteiger partial charge in [-0.05, 0) is 30.3 Å². The number of methoxy groups -OCH3 is 1. The summed E-state index contributed by atoms with van der Waals surface area (Å²) >= 11 is 3.29. The highest BCUT2D eigenvalue weighted by Gasteiger charge is 2.14. The number of nitrogens with one attached hydrogen (secondary N) is 1. The van der Waals surface area contributed by atoms with Gasteiger partial charge in [-0.2, -0.15) is 0 Å². The van der Waals surface area contributed by atoms with Gasteiger partial charge < -0.3 is 10.1 Å². The van der Waals surface area contributed by atoms with Crippen LogP contribution in [-0.4, -0.2) is 17.9 Å². The molecule has 0 radical (unpaired) electrons. The zero-order chi connectivity index (χ0) is 15.4. The van der Waals surface area contributed by atoms with Crippen molar-refractivity contribution in [1.29, 1.82) is 0 Å². The summed E-state index contributed by atoms with van der Waals surface area (Å²) in [5, 5.41) is 13.4. The number of hydrogen-bond acceptors (Lipinski definition) is 4. The smallest absolute Gasteiger partial charge is 0.273 e. The first-order valence-electron chi connectivity index (χ1n) is 5.90. The molecule has 1 amide bonds. The first-order valence-corrected chi connectivity index (χ1v) is 6.70. The van der Waals surface area contributed by atoms with Gasteiger partial charge in [-0.15, -0.1) is 0 Å². The van der Waals surface area contributed by atoms with Crippen LogP contribution in [0.4, 0.5) is 11.4 Å². The average molecular weight is 351 g/mol. The molecule has 6 nitrogen and oxygen atoms in total. The van der Waals surface area contributed by atoms with Crippen LogP contribution in [0.25, 0.3) is 0 Å². The number of carbonyl (C=O) groups excluding carboxylic acids is 1. The fourth-order valence-corrected chi connectivity index (χ4v) is 1.96. The first-order chi connectivity index (χ1) is 10.0. The van der Waals surface area contributed by atoms with E-state index in [2.05, 4.69) is 21.2 Å². The van der Waals surface area contributed by atoms with Crippen molar-refractivity contribution >= 4 is 33.2 Å². The van der Waals surface area contributed by atoms with E-state index in [-0.39, 0.29) is 17.3 Å². The Morgan fingerprint density at radius 2 is 1.90 bits per heavy atom. The summed E-state index contributed by atoms with van der Waals surface area (Å²) in [5.74, 6) is -0.0932. The molecule has 0 unspecified atom stereocenters. The molecule has 0 saturated carbocycles. The lowest BCUT2D eigenvalue weighted by atomic mass is 10.2. The number of anilines is 1. The van der Waals surface area contributed by atoms with Crippen molar-refractivity contribution in [1.82, 2.24) is 0 Å². The summed E-state index contributed by atoms with van der Waals surface area (Å²) in [6, 6.07) is 10.8. The SMILES string of the molecule is COc1cc([N+](=O)[O-])ccc1NC(=O)c1ccc(Br)cc1. The van der Waals surface area contributed by atoms with Crippen LogP contribution >= 0.6 is 15.9 Å². The number of carbonyl (C=O) groups is 1. The predicted octanol–water partition coefficient (Wildman–Crippen LogP) is 3.62. The highest BCUT2D eigenvalue weighted by atomic mass is 79.9. The van der Waals surface area contributed by atoms with Crippen LogP contribution in [0.5, 0.6) is 5.75 Å². The monoisotopic (exact) mass is 350 g/mol. The maximum absolute atomic E-state index is 12.1. The number of nitro groups is 1. The number of ether oxygens (including phenoxy) is 1. The van der Waals surface area contributed by atoms with Gasteiger partial charge in [0.25, 0.3) is 11.6 Å². The summed E-state index contributed by atoms with van der Waals surface area (Å²) in [5.41, 5.74) is 0.739. The summed E-state index contributed by atoms with van der Waals surface area (Å²) in [4.78, 5) is 22.3. The summed E-state index contributed by atoms with van der Waals surface area (Å²) in [7, 11) is 1.38. The van der Waals surface area contributed by atoms with Crippen molar-refractivity contribution in [3.05, 3.63) is 62.6 Å². The van der Waals surface area contributed by atoms with Gasteiger partial charge in [0.2, 0.25) is 0 Å². The third kappa shape index (κ3) is 3.57. The predicted molar refractivity (Wildman–Crippen MR) is 81.7 cm³/mol. The molecule has 108 valence electrons. The summed E-state index contributed by atoms with van der Waals surface area (Å²) < 4.78 is 5.93. The quantitative estimate of drug-likeness (QED) is 0.674. The third-order valence-electron chi connectivity index (χ3n) is 2.75. The lowest BCUT2D eigenvalue weighted by molar-refractivity contribution is -0.384. The molecular formula is C14H11BrN2O4. The second kappa shape index (κ2) is 6.36. The van der Waals surface area contributed by atoms with Crippen LogP contribution in [0, 0.1) is 10.1 Å². The summed E-state index contributed by atoms with van der Waals surface area (Å²) in [6.45, 7) is 0. The standard InChI is InChI=1S/C14H11BrN2O4/c1-21-13-8-11(17(19)20)6-7-12(13)16-14(18)9-2-4-10(15)5-3-9/h2-8H,1H3,(H,16,18). The van der Waals surface area contributed by atoms with Gasteiger partial charge in [-0.1, -0.05) is 15.9 Å². The van der Waals surface area contributed by atoms with Crippen molar-refractivity contribution in [3.8, 4) is 5.75 Å². The van der Waals surface area contributed by atoms with E-state index < -0.39 is 4.92 Å². The molecular weight excluding hydrogens is 340 g/mol. The Morgan fingerprint density at radius 3 is 2.48 bits per heavy atom. The number of nitro benzene ring substituents is 1. The zero-order valence-corrected chi connectivity index (χ0v) is 12.6. The number of benzene rings is 2. The number of non-ortho nitro benzene ring substituents is 1. The van der Waals surface area contributed by atoms with Gasteiger partial charge in [0.1, 0.15) is 5.75 Å². The minimum absolute atomic E-state index is 0.103. The number of hydrogen-bond donors (Lipinski definition) is 1. The van der Waals surface area contributed by atoms with Gasteiger partial charge in [0, 0.05) is 16.1 Å². The Bertz CT molecular complexity index is 686. The number of rotatable bonds is 4. The average Bonchev–Trinajstić information content (AvgIpc) is 2.48. The van der Waals surface area contributed by atoms with Crippen molar-refractivity contribution in [2.45, 2.75) is 0 Å². The van der Waals surface area contributed by atoms with Crippen molar-refractivity contribution < 1.29 is 14.5 Å². The lowest BCUT2D eigenvalue weighted by Gasteiger charge is -2.10. The molecule has 2 aromatic carbocycles. The second-order valence-corrected chi connectivity index (χ2v) is 5.02. The number of amides is 1. The van der Waals surface area contributed by atoms with Gasteiger partial charge in [-0.3, -0.25) is 14.9 Å². The van der Waals surface area contributed by atoms with Crippen LogP contribution in [0.15, 0.2) is 46.9 Å². The van der Waals surface area contributed by atoms with Crippen LogP contribution in [0.1, 0.15) is 10.4 Å². The van der Waals surface area contributed by atoms with Crippen LogP contribution < -0.4 is 10.1 Å². The third-order valence-corrected chi connectivity index (χ3v) is 3.28. The molecule has 0 aliphatic rings. The van der Waals surface area contributed by atoms with E-state index in [1.54, 1.807) is 24.3 Å². The summed E-state index contributed by atoms with van der Waals surface area (Å²) in [6.07, 6.45) is 0. The Labute approximate surface area is 129 Å². The van der Waals surface area contributed by atoms with E-state index in [1.807, 2.05) is 0 Å². The molecule has 0 aliphatic heterocycles. The highest BCUT2D eigenvalue weighted by molar-refractivity contribution is 9.10. The Morgan fingerprint density at radius 1 is 1.24 bits per heavy atom. The van der Waals surface area contributed by atoms with E-state index in [4.69, 9.17) is 4.74 Å². The van der Waals surface area contributed by atoms with Crippen LogP contribution in [0.2, 0.25) is 0 Å². The van der Waals surface area contributed by atoms with Crippen molar-refractivity contribution in [2.75, 3.05) is 12.4 Å². The molecule has 0 spiro atoms. The van der Waals surface area contributed by atoms with E-state index in [0.29, 0.717) is 11.3 Å². The van der Waals surface area contributed by atoms with Gasteiger partial charge in [0.05, 0.1) is 23.8 Å². The largest absolute Gasteiger partial charge is 0.494 e. The fourth-order valence-electron chi connectivity index (χ4n) is 1.69. The maximum Gasteiger partial charge on any atom is 0.273 e. The maximum atomic E-state index is 12.1. The van der Waals surface area contributed by atoms with E-state index in [9.17, 15) is 14.9 Å². The normalized spacial score (nSPS) is 10.0. The van der Waals surface area contributed by atoms with Gasteiger partial charge in [0.15, 0.2) is 0 Å². The van der Waals surface area contributed by atoms with Gasteiger partial charge >= 0.3 is 0 Å². The van der Waals surface area contributed by atoms with Crippen LogP contribution in [-0.2, 0) is 0 Å². The van der Waals surface area contributed by atoms with Crippen LogP contribution in [0.3, 0.4) is 0 Å². The fraction of sp³-hybridized carbons (Fsp3) is 0.0714. The molecule has 0 aliphatic carbocycles. The van der Waals surface area contributed by atoms with E-state index >= 15 is 0 Å². The molecule has 0 fully saturated rings. The zero-order valence-electron chi connectivity index (χ0n) is 11.0. The van der Waals surface area contributed by atoms with Gasteiger partial charge in [-0.25, -0.2) is 0 Å². The first kappa shape index (κ1) is 15.0. The molecule has 0 heterocycles. The molecule has 21 heavy (non-hydrogen) atoms. The Kier molecular flexibility index (Phi) is 4.54. The minimum Gasteiger partial charge on any atom is -0.494 e. The topological polar surface area (TPSA) is 81.5 Å². The molecule has 2 aromatic rings. The molecule has 7 heteroatoms. The second-order valence-electron chi connectivity index (χ2n) is 4.10. The highest BCUT2D eigenvalue weighted by Crippen LogP contribution is 2.29. The minimum atomic E-state index is -0.525. The Balaban J connectivity index is 2.24. The molecule has 0 aromatic heterocycles. The molecule has 0 bridgehead atoms. The van der Waals surface area contributed by atoms with Crippen molar-refractivity contribution in [3.63, 3.8) is 0 Å². The Hall–Kier alpha value is -2.41. The van der Waals surface area contributed by atoms with E-state index in [1.165, 1.54) is 25.3 Å². The molecule has 1 N–H and O–H groups in total.